The summed E-state index contributed by atoms with van der Waals surface area (Å²) in [6.45, 7) is 1.85. The van der Waals surface area contributed by atoms with Crippen molar-refractivity contribution >= 4 is 0 Å². The first-order valence-electron chi connectivity index (χ1n) is 5.00. The molecule has 84 valence electrons. The number of nitriles is 1. The van der Waals surface area contributed by atoms with Gasteiger partial charge in [-0.05, 0) is 18.4 Å². The van der Waals surface area contributed by atoms with Gasteiger partial charge in [0, 0.05) is 11.6 Å². The first-order valence-corrected chi connectivity index (χ1v) is 5.00. The molecule has 0 aliphatic heterocycles. The van der Waals surface area contributed by atoms with Crippen molar-refractivity contribution in [2.45, 2.75) is 18.8 Å². The molecule has 1 saturated carbocycles. The lowest BCUT2D eigenvalue weighted by Crippen LogP contribution is -2.10. The monoisotopic (exact) mass is 223 g/mol. The van der Waals surface area contributed by atoms with E-state index in [-0.39, 0.29) is 17.2 Å². The third-order valence-electron chi connectivity index (χ3n) is 3.23. The molecule has 2 rings (SSSR count). The third kappa shape index (κ3) is 1.35. The Morgan fingerprint density at radius 1 is 1.44 bits per heavy atom. The van der Waals surface area contributed by atoms with Gasteiger partial charge in [-0.3, -0.25) is 0 Å². The van der Waals surface area contributed by atoms with Gasteiger partial charge in [-0.2, -0.15) is 5.26 Å². The minimum atomic E-state index is -0.850. The van der Waals surface area contributed by atoms with Gasteiger partial charge in [-0.15, -0.1) is 0 Å². The Bertz CT molecular complexity index is 481. The summed E-state index contributed by atoms with van der Waals surface area (Å²) < 4.78 is 31.8. The highest BCUT2D eigenvalue weighted by Gasteiger charge is 2.54. The zero-order valence-electron chi connectivity index (χ0n) is 9.05. The van der Waals surface area contributed by atoms with Crippen LogP contribution in [-0.2, 0) is 5.41 Å². The quantitative estimate of drug-likeness (QED) is 0.772. The molecule has 4 heteroatoms. The lowest BCUT2D eigenvalue weighted by atomic mass is 9.94. The van der Waals surface area contributed by atoms with Crippen LogP contribution in [0.4, 0.5) is 8.78 Å². The summed E-state index contributed by atoms with van der Waals surface area (Å²) in [6.07, 6.45) is 0.576. The SMILES string of the molecule is COc1cc(F)c(C2(C#N)CC2C)cc1F. The highest BCUT2D eigenvalue weighted by molar-refractivity contribution is 5.44. The predicted molar refractivity (Wildman–Crippen MR) is 54.0 cm³/mol. The lowest BCUT2D eigenvalue weighted by Gasteiger charge is -2.11. The number of rotatable bonds is 2. The maximum Gasteiger partial charge on any atom is 0.165 e. The van der Waals surface area contributed by atoms with Crippen LogP contribution in [0.3, 0.4) is 0 Å². The van der Waals surface area contributed by atoms with Gasteiger partial charge in [-0.1, -0.05) is 6.92 Å². The maximum atomic E-state index is 13.7. The van der Waals surface area contributed by atoms with Crippen LogP contribution in [0.5, 0.6) is 5.75 Å². The number of methoxy groups -OCH3 is 1. The van der Waals surface area contributed by atoms with Crippen molar-refractivity contribution in [3.8, 4) is 11.8 Å². The van der Waals surface area contributed by atoms with Crippen molar-refractivity contribution in [2.75, 3.05) is 7.11 Å². The zero-order chi connectivity index (χ0) is 11.9. The normalized spacial score (nSPS) is 27.3. The Morgan fingerprint density at radius 2 is 2.06 bits per heavy atom. The van der Waals surface area contributed by atoms with Crippen molar-refractivity contribution in [1.82, 2.24) is 0 Å². The Labute approximate surface area is 92.5 Å². The van der Waals surface area contributed by atoms with Crippen LogP contribution in [0, 0.1) is 28.9 Å². The van der Waals surface area contributed by atoms with E-state index in [2.05, 4.69) is 10.8 Å². The number of ether oxygens (including phenoxy) is 1. The Morgan fingerprint density at radius 3 is 2.50 bits per heavy atom. The molecule has 1 fully saturated rings. The van der Waals surface area contributed by atoms with Crippen LogP contribution in [0.1, 0.15) is 18.9 Å². The molecule has 0 amide bonds. The second-order valence-corrected chi connectivity index (χ2v) is 4.15. The summed E-state index contributed by atoms with van der Waals surface area (Å²) in [5.41, 5.74) is -0.710. The largest absolute Gasteiger partial charge is 0.494 e. The molecule has 1 aliphatic rings. The Balaban J connectivity index is 2.52. The molecule has 0 aromatic heterocycles. The lowest BCUT2D eigenvalue weighted by molar-refractivity contribution is 0.381. The smallest absolute Gasteiger partial charge is 0.165 e. The summed E-state index contributed by atoms with van der Waals surface area (Å²) in [4.78, 5) is 0. The predicted octanol–water partition coefficient (Wildman–Crippen LogP) is 2.77. The second-order valence-electron chi connectivity index (χ2n) is 4.15. The van der Waals surface area contributed by atoms with Crippen molar-refractivity contribution in [1.29, 1.82) is 5.26 Å². The summed E-state index contributed by atoms with van der Waals surface area (Å²) in [5.74, 6) is -1.28. The van der Waals surface area contributed by atoms with Gasteiger partial charge < -0.3 is 4.74 Å². The fraction of sp³-hybridized carbons (Fsp3) is 0.417. The van der Waals surface area contributed by atoms with Crippen LogP contribution in [-0.4, -0.2) is 7.11 Å². The van der Waals surface area contributed by atoms with Gasteiger partial charge in [0.2, 0.25) is 0 Å². The molecule has 0 bridgehead atoms. The van der Waals surface area contributed by atoms with Gasteiger partial charge in [0.05, 0.1) is 18.6 Å². The Kier molecular flexibility index (Phi) is 2.34. The second kappa shape index (κ2) is 3.44. The van der Waals surface area contributed by atoms with Crippen molar-refractivity contribution in [3.05, 3.63) is 29.3 Å². The molecule has 0 saturated heterocycles. The van der Waals surface area contributed by atoms with Crippen LogP contribution in [0.2, 0.25) is 0 Å². The summed E-state index contributed by atoms with van der Waals surface area (Å²) >= 11 is 0. The molecule has 16 heavy (non-hydrogen) atoms. The fourth-order valence-electron chi connectivity index (χ4n) is 2.04. The van der Waals surface area contributed by atoms with Gasteiger partial charge >= 0.3 is 0 Å². The molecule has 1 aromatic carbocycles. The fourth-order valence-corrected chi connectivity index (χ4v) is 2.04. The number of halogens is 2. The summed E-state index contributed by atoms with van der Waals surface area (Å²) in [7, 11) is 1.28. The number of nitrogens with zero attached hydrogens (tertiary/aromatic N) is 1. The molecule has 1 aliphatic carbocycles. The molecule has 2 unspecified atom stereocenters. The van der Waals surface area contributed by atoms with E-state index in [1.54, 1.807) is 0 Å². The van der Waals surface area contributed by atoms with Gasteiger partial charge in [0.15, 0.2) is 11.6 Å². The average Bonchev–Trinajstić information content (AvgIpc) is 2.93. The first-order chi connectivity index (χ1) is 7.55. The van der Waals surface area contributed by atoms with E-state index in [9.17, 15) is 8.78 Å². The minimum absolute atomic E-state index is 0.0693. The van der Waals surface area contributed by atoms with E-state index >= 15 is 0 Å². The van der Waals surface area contributed by atoms with E-state index in [1.165, 1.54) is 7.11 Å². The van der Waals surface area contributed by atoms with E-state index in [0.29, 0.717) is 6.42 Å². The Hall–Kier alpha value is -1.63. The van der Waals surface area contributed by atoms with Gasteiger partial charge in [0.1, 0.15) is 5.82 Å². The molecule has 2 nitrogen and oxygen atoms in total. The highest BCUT2D eigenvalue weighted by Crippen LogP contribution is 2.54. The molecular weight excluding hydrogens is 212 g/mol. The minimum Gasteiger partial charge on any atom is -0.494 e. The van der Waals surface area contributed by atoms with Crippen LogP contribution < -0.4 is 4.74 Å². The topological polar surface area (TPSA) is 33.0 Å². The standard InChI is InChI=1S/C12H11F2NO/c1-7-5-12(7,6-15)8-3-10(14)11(16-2)4-9(8)13/h3-4,7H,5H2,1-2H3. The van der Waals surface area contributed by atoms with Crippen molar-refractivity contribution < 1.29 is 13.5 Å². The average molecular weight is 223 g/mol. The number of hydrogen-bond donors (Lipinski definition) is 0. The number of benzene rings is 1. The van der Waals surface area contributed by atoms with Crippen molar-refractivity contribution in [2.24, 2.45) is 5.92 Å². The molecule has 2 atom stereocenters. The van der Waals surface area contributed by atoms with E-state index in [1.807, 2.05) is 6.92 Å². The summed E-state index contributed by atoms with van der Waals surface area (Å²) in [5, 5.41) is 9.05. The van der Waals surface area contributed by atoms with Gasteiger partial charge in [0.25, 0.3) is 0 Å². The van der Waals surface area contributed by atoms with Gasteiger partial charge in [-0.25, -0.2) is 8.78 Å². The highest BCUT2D eigenvalue weighted by atomic mass is 19.1. The molecule has 1 aromatic rings. The molecule has 0 N–H and O–H groups in total. The molecular formula is C12H11F2NO. The third-order valence-corrected chi connectivity index (χ3v) is 3.23. The molecule has 0 heterocycles. The maximum absolute atomic E-state index is 13.7. The molecule has 0 radical (unpaired) electrons. The first kappa shape index (κ1) is 10.9. The van der Waals surface area contributed by atoms with E-state index < -0.39 is 17.0 Å². The zero-order valence-corrected chi connectivity index (χ0v) is 9.05. The number of hydrogen-bond acceptors (Lipinski definition) is 2. The van der Waals surface area contributed by atoms with E-state index in [4.69, 9.17) is 5.26 Å². The van der Waals surface area contributed by atoms with Crippen LogP contribution in [0.15, 0.2) is 12.1 Å². The van der Waals surface area contributed by atoms with Crippen LogP contribution >= 0.6 is 0 Å². The van der Waals surface area contributed by atoms with Crippen molar-refractivity contribution in [3.63, 3.8) is 0 Å². The van der Waals surface area contributed by atoms with Crippen LogP contribution in [0.25, 0.3) is 0 Å². The van der Waals surface area contributed by atoms with E-state index in [0.717, 1.165) is 12.1 Å². The summed E-state index contributed by atoms with van der Waals surface area (Å²) in [6, 6.07) is 4.14. The molecule has 0 spiro atoms.